The highest BCUT2D eigenvalue weighted by molar-refractivity contribution is 7.17. The molecule has 1 aliphatic heterocycles. The number of ether oxygens (including phenoxy) is 3. The zero-order chi connectivity index (χ0) is 24.4. The number of methoxy groups -OCH3 is 1. The Hall–Kier alpha value is -2.82. The van der Waals surface area contributed by atoms with Gasteiger partial charge in [-0.25, -0.2) is 4.98 Å². The molecule has 2 aliphatic rings. The molecule has 1 saturated carbocycles. The van der Waals surface area contributed by atoms with Gasteiger partial charge in [0.25, 0.3) is 11.1 Å². The molecule has 0 bridgehead atoms. The number of carbonyl (C=O) groups is 1. The SMILES string of the molecule is COc1cnc(Cl)cc1-c1cc(C)ncc1C(=O)Nc1nnc(OC2CCC3(CCCO3)CC2)s1. The van der Waals surface area contributed by atoms with Crippen molar-refractivity contribution >= 4 is 34.0 Å². The lowest BCUT2D eigenvalue weighted by molar-refractivity contribution is -0.0464. The lowest BCUT2D eigenvalue weighted by Gasteiger charge is -2.35. The van der Waals surface area contributed by atoms with Crippen LogP contribution in [0.25, 0.3) is 11.1 Å². The smallest absolute Gasteiger partial charge is 0.296 e. The average molecular weight is 516 g/mol. The third-order valence-electron chi connectivity index (χ3n) is 6.55. The van der Waals surface area contributed by atoms with Gasteiger partial charge < -0.3 is 14.2 Å². The number of nitrogens with zero attached hydrogens (tertiary/aromatic N) is 4. The van der Waals surface area contributed by atoms with Crippen molar-refractivity contribution in [3.8, 4) is 22.1 Å². The molecule has 35 heavy (non-hydrogen) atoms. The van der Waals surface area contributed by atoms with Crippen LogP contribution < -0.4 is 14.8 Å². The van der Waals surface area contributed by atoms with Gasteiger partial charge in [-0.2, -0.15) is 0 Å². The van der Waals surface area contributed by atoms with Gasteiger partial charge in [-0.15, -0.1) is 5.10 Å². The van der Waals surface area contributed by atoms with Crippen molar-refractivity contribution in [1.82, 2.24) is 20.2 Å². The van der Waals surface area contributed by atoms with Crippen molar-refractivity contribution in [2.45, 2.75) is 57.2 Å². The summed E-state index contributed by atoms with van der Waals surface area (Å²) in [5, 5.41) is 12.1. The van der Waals surface area contributed by atoms with Crippen LogP contribution in [0.3, 0.4) is 0 Å². The molecule has 184 valence electrons. The summed E-state index contributed by atoms with van der Waals surface area (Å²) in [7, 11) is 1.54. The van der Waals surface area contributed by atoms with Crippen molar-refractivity contribution in [3.63, 3.8) is 0 Å². The predicted octanol–water partition coefficient (Wildman–Crippen LogP) is 5.09. The van der Waals surface area contributed by atoms with Crippen LogP contribution in [0.2, 0.25) is 5.15 Å². The lowest BCUT2D eigenvalue weighted by Crippen LogP contribution is -2.37. The van der Waals surface area contributed by atoms with E-state index in [0.717, 1.165) is 50.8 Å². The molecule has 1 aliphatic carbocycles. The number of anilines is 1. The second kappa shape index (κ2) is 10.0. The summed E-state index contributed by atoms with van der Waals surface area (Å²) in [5.74, 6) is 0.126. The molecule has 2 fully saturated rings. The topological polar surface area (TPSA) is 108 Å². The van der Waals surface area contributed by atoms with E-state index in [0.29, 0.717) is 37.9 Å². The number of nitrogens with one attached hydrogen (secondary N) is 1. The molecule has 0 radical (unpaired) electrons. The number of aromatic nitrogens is 4. The summed E-state index contributed by atoms with van der Waals surface area (Å²) >= 11 is 7.33. The van der Waals surface area contributed by atoms with E-state index in [1.54, 1.807) is 6.07 Å². The fourth-order valence-corrected chi connectivity index (χ4v) is 5.57. The highest BCUT2D eigenvalue weighted by atomic mass is 35.5. The zero-order valence-corrected chi connectivity index (χ0v) is 21.1. The Labute approximate surface area is 212 Å². The van der Waals surface area contributed by atoms with Gasteiger partial charge in [0.2, 0.25) is 5.13 Å². The highest BCUT2D eigenvalue weighted by Gasteiger charge is 2.39. The van der Waals surface area contributed by atoms with Gasteiger partial charge in [-0.3, -0.25) is 15.1 Å². The summed E-state index contributed by atoms with van der Waals surface area (Å²) in [5.41, 5.74) is 2.42. The molecule has 9 nitrogen and oxygen atoms in total. The maximum atomic E-state index is 13.2. The number of carbonyl (C=O) groups excluding carboxylic acids is 1. The third kappa shape index (κ3) is 5.24. The molecular weight excluding hydrogens is 490 g/mol. The first-order chi connectivity index (χ1) is 16.9. The summed E-state index contributed by atoms with van der Waals surface area (Å²) in [4.78, 5) is 21.6. The fourth-order valence-electron chi connectivity index (χ4n) is 4.75. The normalized spacial score (nSPS) is 21.7. The van der Waals surface area contributed by atoms with Crippen molar-refractivity contribution in [3.05, 3.63) is 40.9 Å². The van der Waals surface area contributed by atoms with Crippen LogP contribution in [0.5, 0.6) is 10.9 Å². The van der Waals surface area contributed by atoms with E-state index in [1.165, 1.54) is 30.8 Å². The van der Waals surface area contributed by atoms with Gasteiger partial charge in [-0.05, 0) is 68.9 Å². The first kappa shape index (κ1) is 23.9. The Kier molecular flexibility index (Phi) is 6.86. The van der Waals surface area contributed by atoms with Crippen LogP contribution in [0.15, 0.2) is 24.5 Å². The van der Waals surface area contributed by atoms with Crippen molar-refractivity contribution in [2.24, 2.45) is 0 Å². The van der Waals surface area contributed by atoms with Gasteiger partial charge >= 0.3 is 0 Å². The van der Waals surface area contributed by atoms with Crippen LogP contribution in [0.1, 0.15) is 54.6 Å². The van der Waals surface area contributed by atoms with Crippen LogP contribution >= 0.6 is 22.9 Å². The molecular formula is C24H26ClN5O4S. The standard InChI is InChI=1S/C24H26ClN5O4S/c1-14-10-16(17-11-20(25)27-13-19(17)32-2)18(12-26-14)21(31)28-22-29-30-23(35-22)34-15-4-7-24(8-5-15)6-3-9-33-24/h10-13,15H,3-9H2,1-2H3,(H,28,29,31). The maximum absolute atomic E-state index is 13.2. The van der Waals surface area contributed by atoms with Crippen molar-refractivity contribution in [1.29, 1.82) is 0 Å². The van der Waals surface area contributed by atoms with Gasteiger partial charge in [0.05, 0.1) is 24.5 Å². The van der Waals surface area contributed by atoms with E-state index >= 15 is 0 Å². The van der Waals surface area contributed by atoms with E-state index in [2.05, 4.69) is 25.5 Å². The molecule has 1 N–H and O–H groups in total. The van der Waals surface area contributed by atoms with Crippen molar-refractivity contribution < 1.29 is 19.0 Å². The number of hydrogen-bond acceptors (Lipinski definition) is 9. The summed E-state index contributed by atoms with van der Waals surface area (Å²) in [6, 6.07) is 3.47. The molecule has 1 saturated heterocycles. The number of halogens is 1. The molecule has 4 heterocycles. The highest BCUT2D eigenvalue weighted by Crippen LogP contribution is 2.41. The minimum Gasteiger partial charge on any atom is -0.494 e. The Morgan fingerprint density at radius 3 is 2.74 bits per heavy atom. The number of aryl methyl sites for hydroxylation is 1. The van der Waals surface area contributed by atoms with Crippen LogP contribution in [0.4, 0.5) is 5.13 Å². The molecule has 0 aromatic carbocycles. The van der Waals surface area contributed by atoms with Crippen LogP contribution in [0, 0.1) is 6.92 Å². The second-order valence-corrected chi connectivity index (χ2v) is 10.2. The van der Waals surface area contributed by atoms with E-state index in [9.17, 15) is 4.79 Å². The Morgan fingerprint density at radius 2 is 2.00 bits per heavy atom. The Morgan fingerprint density at radius 1 is 1.17 bits per heavy atom. The lowest BCUT2D eigenvalue weighted by atomic mass is 9.81. The van der Waals surface area contributed by atoms with E-state index in [1.807, 2.05) is 13.0 Å². The summed E-state index contributed by atoms with van der Waals surface area (Å²) in [6.07, 6.45) is 9.28. The minimum atomic E-state index is -0.372. The van der Waals surface area contributed by atoms with E-state index in [-0.39, 0.29) is 17.6 Å². The number of rotatable bonds is 6. The van der Waals surface area contributed by atoms with Crippen molar-refractivity contribution in [2.75, 3.05) is 19.0 Å². The predicted molar refractivity (Wildman–Crippen MR) is 132 cm³/mol. The first-order valence-electron chi connectivity index (χ1n) is 11.6. The molecule has 5 rings (SSSR count). The van der Waals surface area contributed by atoms with Crippen LogP contribution in [-0.2, 0) is 4.74 Å². The van der Waals surface area contributed by atoms with Gasteiger partial charge in [-0.1, -0.05) is 16.7 Å². The summed E-state index contributed by atoms with van der Waals surface area (Å²) < 4.78 is 17.5. The summed E-state index contributed by atoms with van der Waals surface area (Å²) in [6.45, 7) is 2.71. The number of amides is 1. The van der Waals surface area contributed by atoms with Gasteiger partial charge in [0, 0.05) is 29.6 Å². The number of hydrogen-bond donors (Lipinski definition) is 1. The monoisotopic (exact) mass is 515 g/mol. The third-order valence-corrected chi connectivity index (χ3v) is 7.49. The molecule has 0 unspecified atom stereocenters. The molecule has 1 spiro atoms. The Balaban J connectivity index is 1.29. The molecule has 0 atom stereocenters. The number of pyridine rings is 2. The molecule has 1 amide bonds. The minimum absolute atomic E-state index is 0.0572. The zero-order valence-electron chi connectivity index (χ0n) is 19.5. The Bertz CT molecular complexity index is 1220. The van der Waals surface area contributed by atoms with Gasteiger partial charge in [0.1, 0.15) is 17.0 Å². The maximum Gasteiger partial charge on any atom is 0.296 e. The largest absolute Gasteiger partial charge is 0.494 e. The van der Waals surface area contributed by atoms with Gasteiger partial charge in [0.15, 0.2) is 0 Å². The molecule has 11 heteroatoms. The second-order valence-electron chi connectivity index (χ2n) is 8.86. The molecule has 3 aromatic rings. The first-order valence-corrected chi connectivity index (χ1v) is 12.8. The quantitative estimate of drug-likeness (QED) is 0.452. The van der Waals surface area contributed by atoms with E-state index in [4.69, 9.17) is 25.8 Å². The van der Waals surface area contributed by atoms with Crippen LogP contribution in [-0.4, -0.2) is 51.5 Å². The average Bonchev–Trinajstić information content (AvgIpc) is 3.50. The fraction of sp³-hybridized carbons (Fsp3) is 0.458. The van der Waals surface area contributed by atoms with E-state index < -0.39 is 0 Å². The molecule has 3 aromatic heterocycles.